The summed E-state index contributed by atoms with van der Waals surface area (Å²) in [6.07, 6.45) is -0.411. The van der Waals surface area contributed by atoms with Crippen LogP contribution in [0.4, 0.5) is 0 Å². The van der Waals surface area contributed by atoms with Crippen LogP contribution in [0, 0.1) is 6.92 Å². The van der Waals surface area contributed by atoms with E-state index in [0.29, 0.717) is 10.7 Å². The summed E-state index contributed by atoms with van der Waals surface area (Å²) in [6, 6.07) is 7.09. The number of aromatic amines is 1. The van der Waals surface area contributed by atoms with Crippen LogP contribution in [-0.4, -0.2) is 40.8 Å². The van der Waals surface area contributed by atoms with E-state index >= 15 is 0 Å². The highest BCUT2D eigenvalue weighted by Crippen LogP contribution is 2.20. The summed E-state index contributed by atoms with van der Waals surface area (Å²) in [5, 5.41) is 18.6. The quantitative estimate of drug-likeness (QED) is 0.749. The molecule has 0 saturated heterocycles. The predicted molar refractivity (Wildman–Crippen MR) is 83.8 cm³/mol. The molecule has 0 fully saturated rings. The van der Waals surface area contributed by atoms with Crippen LogP contribution in [0.5, 0.6) is 0 Å². The van der Waals surface area contributed by atoms with Crippen molar-refractivity contribution in [3.63, 3.8) is 0 Å². The van der Waals surface area contributed by atoms with E-state index in [2.05, 4.69) is 15.5 Å². The molecule has 0 bridgehead atoms. The Morgan fingerprint density at radius 3 is 2.83 bits per heavy atom. The zero-order valence-electron chi connectivity index (χ0n) is 12.6. The second kappa shape index (κ2) is 7.26. The van der Waals surface area contributed by atoms with Crippen LogP contribution >= 0.6 is 11.6 Å². The molecule has 0 spiro atoms. The fourth-order valence-corrected chi connectivity index (χ4v) is 2.37. The van der Waals surface area contributed by atoms with E-state index in [-0.39, 0.29) is 17.8 Å². The number of aryl methyl sites for hydroxylation is 1. The first-order chi connectivity index (χ1) is 10.9. The van der Waals surface area contributed by atoms with E-state index in [0.717, 1.165) is 5.56 Å². The normalized spacial score (nSPS) is 12.0. The van der Waals surface area contributed by atoms with Gasteiger partial charge in [0.15, 0.2) is 5.69 Å². The van der Waals surface area contributed by atoms with Crippen LogP contribution in [0.25, 0.3) is 0 Å². The third-order valence-corrected chi connectivity index (χ3v) is 3.56. The zero-order chi connectivity index (χ0) is 17.0. The number of H-pyrrole nitrogens is 1. The zero-order valence-corrected chi connectivity index (χ0v) is 13.3. The molecule has 122 valence electrons. The van der Waals surface area contributed by atoms with Crippen molar-refractivity contribution in [1.82, 2.24) is 15.5 Å². The van der Waals surface area contributed by atoms with Crippen LogP contribution in [0.15, 0.2) is 24.3 Å². The van der Waals surface area contributed by atoms with Crippen molar-refractivity contribution in [2.24, 2.45) is 0 Å². The van der Waals surface area contributed by atoms with Gasteiger partial charge in [0.05, 0.1) is 6.10 Å². The number of carbonyl (C=O) groups excluding carboxylic acids is 1. The van der Waals surface area contributed by atoms with Gasteiger partial charge in [-0.05, 0) is 24.6 Å². The Labute approximate surface area is 137 Å². The Kier molecular flexibility index (Phi) is 5.36. The molecule has 0 aliphatic rings. The number of rotatable bonds is 6. The Balaban J connectivity index is 2.10. The molecule has 1 unspecified atom stereocenters. The minimum Gasteiger partial charge on any atom is -0.478 e. The standard InChI is InChI=1S/C15H16ClN3O4/c1-8-12(15(21)22)13(19-18-8)14(20)17-7-11(23-2)9-4-3-5-10(16)6-9/h3-6,11H,7H2,1-2H3,(H,17,20)(H,18,19)(H,21,22). The van der Waals surface area contributed by atoms with Crippen molar-refractivity contribution in [3.8, 4) is 0 Å². The van der Waals surface area contributed by atoms with E-state index in [1.54, 1.807) is 18.2 Å². The number of methoxy groups -OCH3 is 1. The highest BCUT2D eigenvalue weighted by Gasteiger charge is 2.23. The summed E-state index contributed by atoms with van der Waals surface area (Å²) in [4.78, 5) is 23.3. The summed E-state index contributed by atoms with van der Waals surface area (Å²) < 4.78 is 5.34. The molecule has 1 aromatic carbocycles. The predicted octanol–water partition coefficient (Wildman–Crippen LogP) is 2.19. The first-order valence-electron chi connectivity index (χ1n) is 6.78. The highest BCUT2D eigenvalue weighted by atomic mass is 35.5. The Hall–Kier alpha value is -2.38. The van der Waals surface area contributed by atoms with Gasteiger partial charge in [0.2, 0.25) is 0 Å². The largest absolute Gasteiger partial charge is 0.478 e. The second-order valence-electron chi connectivity index (χ2n) is 4.87. The van der Waals surface area contributed by atoms with Crippen molar-refractivity contribution >= 4 is 23.5 Å². The van der Waals surface area contributed by atoms with Gasteiger partial charge in [0.25, 0.3) is 5.91 Å². The number of nitrogens with zero attached hydrogens (tertiary/aromatic N) is 1. The van der Waals surface area contributed by atoms with E-state index < -0.39 is 18.0 Å². The summed E-state index contributed by atoms with van der Waals surface area (Å²) in [5.74, 6) is -1.80. The number of hydrogen-bond donors (Lipinski definition) is 3. The number of aromatic nitrogens is 2. The number of carboxylic acid groups (broad SMARTS) is 1. The van der Waals surface area contributed by atoms with Crippen molar-refractivity contribution < 1.29 is 19.4 Å². The van der Waals surface area contributed by atoms with Gasteiger partial charge in [-0.1, -0.05) is 23.7 Å². The van der Waals surface area contributed by atoms with Crippen molar-refractivity contribution in [2.75, 3.05) is 13.7 Å². The third kappa shape index (κ3) is 3.88. The molecular weight excluding hydrogens is 322 g/mol. The van der Waals surface area contributed by atoms with E-state index in [1.807, 2.05) is 6.07 Å². The van der Waals surface area contributed by atoms with Crippen LogP contribution in [-0.2, 0) is 4.74 Å². The van der Waals surface area contributed by atoms with Gasteiger partial charge in [-0.3, -0.25) is 9.89 Å². The summed E-state index contributed by atoms with van der Waals surface area (Å²) in [6.45, 7) is 1.69. The van der Waals surface area contributed by atoms with Gasteiger partial charge < -0.3 is 15.2 Å². The lowest BCUT2D eigenvalue weighted by atomic mass is 10.1. The minimum absolute atomic E-state index is 0.140. The minimum atomic E-state index is -1.21. The number of carbonyl (C=O) groups is 2. The molecule has 3 N–H and O–H groups in total. The van der Waals surface area contributed by atoms with Crippen LogP contribution in [0.3, 0.4) is 0 Å². The first-order valence-corrected chi connectivity index (χ1v) is 7.16. The molecule has 23 heavy (non-hydrogen) atoms. The number of nitrogens with one attached hydrogen (secondary N) is 2. The maximum absolute atomic E-state index is 12.2. The molecule has 0 saturated carbocycles. The molecule has 8 heteroatoms. The SMILES string of the molecule is COC(CNC(=O)c1n[nH]c(C)c1C(=O)O)c1cccc(Cl)c1. The molecule has 0 radical (unpaired) electrons. The molecule has 2 rings (SSSR count). The van der Waals surface area contributed by atoms with Crippen molar-refractivity contribution in [2.45, 2.75) is 13.0 Å². The van der Waals surface area contributed by atoms with E-state index in [9.17, 15) is 9.59 Å². The number of carboxylic acids is 1. The van der Waals surface area contributed by atoms with Gasteiger partial charge in [-0.2, -0.15) is 5.10 Å². The average Bonchev–Trinajstić information content (AvgIpc) is 2.90. The lowest BCUT2D eigenvalue weighted by Crippen LogP contribution is -2.30. The first kappa shape index (κ1) is 17.0. The van der Waals surface area contributed by atoms with Crippen molar-refractivity contribution in [3.05, 3.63) is 51.8 Å². The monoisotopic (exact) mass is 337 g/mol. The third-order valence-electron chi connectivity index (χ3n) is 3.33. The summed E-state index contributed by atoms with van der Waals surface area (Å²) >= 11 is 5.94. The molecule has 0 aliphatic carbocycles. The fourth-order valence-electron chi connectivity index (χ4n) is 2.17. The lowest BCUT2D eigenvalue weighted by molar-refractivity contribution is 0.0687. The average molecular weight is 338 g/mol. The second-order valence-corrected chi connectivity index (χ2v) is 5.30. The number of aromatic carboxylic acids is 1. The molecule has 0 aliphatic heterocycles. The maximum atomic E-state index is 12.2. The number of benzene rings is 1. The lowest BCUT2D eigenvalue weighted by Gasteiger charge is -2.16. The number of ether oxygens (including phenoxy) is 1. The smallest absolute Gasteiger partial charge is 0.340 e. The van der Waals surface area contributed by atoms with Gasteiger partial charge >= 0.3 is 5.97 Å². The summed E-state index contributed by atoms with van der Waals surface area (Å²) in [5.41, 5.74) is 0.827. The number of amides is 1. The van der Waals surface area contributed by atoms with Crippen LogP contribution in [0.2, 0.25) is 5.02 Å². The van der Waals surface area contributed by atoms with Crippen molar-refractivity contribution in [1.29, 1.82) is 0 Å². The number of halogens is 1. The van der Waals surface area contributed by atoms with Crippen LogP contribution < -0.4 is 5.32 Å². The van der Waals surface area contributed by atoms with Crippen LogP contribution in [0.1, 0.15) is 38.2 Å². The molecule has 2 aromatic rings. The molecular formula is C15H16ClN3O4. The topological polar surface area (TPSA) is 104 Å². The van der Waals surface area contributed by atoms with E-state index in [1.165, 1.54) is 14.0 Å². The fraction of sp³-hybridized carbons (Fsp3) is 0.267. The molecule has 1 aromatic heterocycles. The molecule has 1 heterocycles. The summed E-state index contributed by atoms with van der Waals surface area (Å²) in [7, 11) is 1.51. The number of hydrogen-bond acceptors (Lipinski definition) is 4. The van der Waals surface area contributed by atoms with Gasteiger partial charge in [-0.25, -0.2) is 4.79 Å². The maximum Gasteiger partial charge on any atom is 0.340 e. The van der Waals surface area contributed by atoms with Gasteiger partial charge in [0, 0.05) is 24.4 Å². The Morgan fingerprint density at radius 1 is 1.48 bits per heavy atom. The highest BCUT2D eigenvalue weighted by molar-refractivity contribution is 6.30. The molecule has 1 atom stereocenters. The molecule has 1 amide bonds. The van der Waals surface area contributed by atoms with Gasteiger partial charge in [-0.15, -0.1) is 0 Å². The Bertz CT molecular complexity index is 729. The van der Waals surface area contributed by atoms with E-state index in [4.69, 9.17) is 21.4 Å². The molecule has 7 nitrogen and oxygen atoms in total. The Morgan fingerprint density at radius 2 is 2.22 bits per heavy atom. The van der Waals surface area contributed by atoms with Gasteiger partial charge in [0.1, 0.15) is 5.56 Å².